The summed E-state index contributed by atoms with van der Waals surface area (Å²) >= 11 is 7.34. The molecule has 0 radical (unpaired) electrons. The Labute approximate surface area is 203 Å². The number of carbonyl (C=O) groups is 1. The van der Waals surface area contributed by atoms with Crippen LogP contribution in [0.3, 0.4) is 0 Å². The predicted molar refractivity (Wildman–Crippen MR) is 132 cm³/mol. The van der Waals surface area contributed by atoms with E-state index in [2.05, 4.69) is 26.2 Å². The summed E-state index contributed by atoms with van der Waals surface area (Å²) in [5.74, 6) is 1.39. The SMILES string of the molecule is CCn1c(SCC(=O)Nc2c(C#N)c(C)c(C)n2C2CCCC2)nnc1-c1ccc(Cl)cc1. The average molecular weight is 483 g/mol. The van der Waals surface area contributed by atoms with Gasteiger partial charge in [-0.1, -0.05) is 36.2 Å². The van der Waals surface area contributed by atoms with E-state index in [4.69, 9.17) is 11.6 Å². The van der Waals surface area contributed by atoms with Crippen LogP contribution in [0.5, 0.6) is 0 Å². The molecule has 4 rings (SSSR count). The van der Waals surface area contributed by atoms with Crippen LogP contribution in [0, 0.1) is 25.2 Å². The molecule has 2 heterocycles. The molecule has 2 aromatic heterocycles. The number of hydrogen-bond donors (Lipinski definition) is 1. The van der Waals surface area contributed by atoms with Crippen LogP contribution < -0.4 is 5.32 Å². The Morgan fingerprint density at radius 1 is 1.24 bits per heavy atom. The first-order valence-electron chi connectivity index (χ1n) is 11.2. The van der Waals surface area contributed by atoms with Crippen molar-refractivity contribution in [1.29, 1.82) is 5.26 Å². The van der Waals surface area contributed by atoms with Crippen LogP contribution >= 0.6 is 23.4 Å². The van der Waals surface area contributed by atoms with Gasteiger partial charge in [-0.2, -0.15) is 5.26 Å². The number of benzene rings is 1. The van der Waals surface area contributed by atoms with E-state index < -0.39 is 0 Å². The minimum absolute atomic E-state index is 0.160. The van der Waals surface area contributed by atoms with Gasteiger partial charge in [0.1, 0.15) is 11.9 Å². The molecule has 0 saturated heterocycles. The molecular formula is C24H27ClN6OS. The predicted octanol–water partition coefficient (Wildman–Crippen LogP) is 5.75. The van der Waals surface area contributed by atoms with Crippen LogP contribution in [0.25, 0.3) is 11.4 Å². The molecule has 3 aromatic rings. The molecule has 7 nitrogen and oxygen atoms in total. The fourth-order valence-electron chi connectivity index (χ4n) is 4.50. The molecule has 1 aliphatic rings. The Balaban J connectivity index is 1.51. The minimum atomic E-state index is -0.160. The Morgan fingerprint density at radius 2 is 1.94 bits per heavy atom. The molecule has 1 fully saturated rings. The van der Waals surface area contributed by atoms with Crippen LogP contribution in [0.2, 0.25) is 5.02 Å². The van der Waals surface area contributed by atoms with Crippen LogP contribution in [0.15, 0.2) is 29.4 Å². The van der Waals surface area contributed by atoms with E-state index in [9.17, 15) is 10.1 Å². The summed E-state index contributed by atoms with van der Waals surface area (Å²) in [6, 6.07) is 10.1. The van der Waals surface area contributed by atoms with Crippen LogP contribution in [-0.4, -0.2) is 31.0 Å². The number of halogens is 1. The summed E-state index contributed by atoms with van der Waals surface area (Å²) in [7, 11) is 0. The van der Waals surface area contributed by atoms with E-state index in [1.165, 1.54) is 24.6 Å². The fourth-order valence-corrected chi connectivity index (χ4v) is 5.43. The second kappa shape index (κ2) is 10.0. The van der Waals surface area contributed by atoms with Crippen LogP contribution in [0.4, 0.5) is 5.82 Å². The highest BCUT2D eigenvalue weighted by atomic mass is 35.5. The molecule has 1 amide bonds. The van der Waals surface area contributed by atoms with Crippen molar-refractivity contribution in [2.75, 3.05) is 11.1 Å². The maximum absolute atomic E-state index is 12.9. The summed E-state index contributed by atoms with van der Waals surface area (Å²) in [4.78, 5) is 12.9. The Hall–Kier alpha value is -2.76. The highest BCUT2D eigenvalue weighted by Gasteiger charge is 2.27. The van der Waals surface area contributed by atoms with Gasteiger partial charge in [-0.05, 0) is 63.4 Å². The van der Waals surface area contributed by atoms with E-state index in [0.717, 1.165) is 35.5 Å². The number of nitrogens with one attached hydrogen (secondary N) is 1. The number of nitriles is 1. The largest absolute Gasteiger partial charge is 0.327 e. The molecule has 9 heteroatoms. The highest BCUT2D eigenvalue weighted by molar-refractivity contribution is 7.99. The number of hydrogen-bond acceptors (Lipinski definition) is 5. The summed E-state index contributed by atoms with van der Waals surface area (Å²) in [5, 5.41) is 22.7. The molecule has 33 heavy (non-hydrogen) atoms. The smallest absolute Gasteiger partial charge is 0.235 e. The van der Waals surface area contributed by atoms with Gasteiger partial charge in [0.2, 0.25) is 5.91 Å². The monoisotopic (exact) mass is 482 g/mol. The lowest BCUT2D eigenvalue weighted by atomic mass is 10.2. The third-order valence-electron chi connectivity index (χ3n) is 6.28. The maximum Gasteiger partial charge on any atom is 0.235 e. The van der Waals surface area contributed by atoms with Crippen molar-refractivity contribution in [3.63, 3.8) is 0 Å². The fraction of sp³-hybridized carbons (Fsp3) is 0.417. The van der Waals surface area contributed by atoms with Gasteiger partial charge in [-0.25, -0.2) is 0 Å². The Kier molecular flexibility index (Phi) is 7.11. The topological polar surface area (TPSA) is 88.5 Å². The molecule has 0 aliphatic heterocycles. The Bertz CT molecular complexity index is 1200. The van der Waals surface area contributed by atoms with E-state index in [1.54, 1.807) is 0 Å². The molecule has 0 bridgehead atoms. The molecule has 0 unspecified atom stereocenters. The van der Waals surface area contributed by atoms with Crippen LogP contribution in [0.1, 0.15) is 55.5 Å². The third-order valence-corrected chi connectivity index (χ3v) is 7.50. The van der Waals surface area contributed by atoms with E-state index in [0.29, 0.717) is 34.1 Å². The summed E-state index contributed by atoms with van der Waals surface area (Å²) in [6.07, 6.45) is 4.50. The zero-order chi connectivity index (χ0) is 23.5. The molecule has 0 spiro atoms. The van der Waals surface area contributed by atoms with Crippen molar-refractivity contribution in [2.24, 2.45) is 0 Å². The van der Waals surface area contributed by atoms with Crippen molar-refractivity contribution in [3.05, 3.63) is 46.1 Å². The quantitative estimate of drug-likeness (QED) is 0.433. The minimum Gasteiger partial charge on any atom is -0.327 e. The third kappa shape index (κ3) is 4.66. The van der Waals surface area contributed by atoms with Gasteiger partial charge in [0.25, 0.3) is 0 Å². The van der Waals surface area contributed by atoms with E-state index in [-0.39, 0.29) is 11.7 Å². The second-order valence-corrected chi connectivity index (χ2v) is 9.63. The molecule has 1 aromatic carbocycles. The first-order valence-corrected chi connectivity index (χ1v) is 12.5. The van der Waals surface area contributed by atoms with Crippen molar-refractivity contribution in [3.8, 4) is 17.5 Å². The lowest BCUT2D eigenvalue weighted by molar-refractivity contribution is -0.113. The van der Waals surface area contributed by atoms with Crippen LogP contribution in [-0.2, 0) is 11.3 Å². The maximum atomic E-state index is 12.9. The second-order valence-electron chi connectivity index (χ2n) is 8.25. The molecular weight excluding hydrogens is 456 g/mol. The number of thioether (sulfide) groups is 1. The summed E-state index contributed by atoms with van der Waals surface area (Å²) < 4.78 is 4.15. The first kappa shape index (κ1) is 23.4. The number of rotatable bonds is 7. The van der Waals surface area contributed by atoms with E-state index >= 15 is 0 Å². The average Bonchev–Trinajstić information content (AvgIpc) is 3.52. The zero-order valence-corrected chi connectivity index (χ0v) is 20.6. The number of amides is 1. The molecule has 1 N–H and O–H groups in total. The number of carbonyl (C=O) groups excluding carboxylic acids is 1. The van der Waals surface area contributed by atoms with Crippen molar-refractivity contribution >= 4 is 35.1 Å². The van der Waals surface area contributed by atoms with Gasteiger partial charge < -0.3 is 14.5 Å². The standard InChI is InChI=1S/C24H27ClN6OS/c1-4-30-22(17-9-11-18(25)12-10-17)28-29-24(30)33-14-21(32)27-23-20(13-26)15(2)16(3)31(23)19-7-5-6-8-19/h9-12,19H,4-8,14H2,1-3H3,(H,27,32). The number of anilines is 1. The number of nitrogens with zero attached hydrogens (tertiary/aromatic N) is 5. The number of aromatic nitrogens is 4. The van der Waals surface area contributed by atoms with Gasteiger partial charge in [0, 0.05) is 28.9 Å². The van der Waals surface area contributed by atoms with Gasteiger partial charge in [-0.3, -0.25) is 4.79 Å². The normalized spacial score (nSPS) is 13.9. The highest BCUT2D eigenvalue weighted by Crippen LogP contribution is 2.38. The van der Waals surface area contributed by atoms with Gasteiger partial charge in [0.15, 0.2) is 11.0 Å². The molecule has 1 saturated carbocycles. The molecule has 1 aliphatic carbocycles. The summed E-state index contributed by atoms with van der Waals surface area (Å²) in [6.45, 7) is 6.68. The molecule has 172 valence electrons. The van der Waals surface area contributed by atoms with Crippen molar-refractivity contribution in [2.45, 2.75) is 64.2 Å². The Morgan fingerprint density at radius 3 is 2.58 bits per heavy atom. The lowest BCUT2D eigenvalue weighted by Crippen LogP contribution is -2.20. The van der Waals surface area contributed by atoms with Gasteiger partial charge in [-0.15, -0.1) is 10.2 Å². The van der Waals surface area contributed by atoms with E-state index in [1.807, 2.05) is 49.6 Å². The van der Waals surface area contributed by atoms with Crippen molar-refractivity contribution < 1.29 is 4.79 Å². The zero-order valence-electron chi connectivity index (χ0n) is 19.1. The lowest BCUT2D eigenvalue weighted by Gasteiger charge is -2.19. The summed E-state index contributed by atoms with van der Waals surface area (Å²) in [5.41, 5.74) is 3.47. The van der Waals surface area contributed by atoms with Gasteiger partial charge in [0.05, 0.1) is 11.3 Å². The first-order chi connectivity index (χ1) is 15.9. The van der Waals surface area contributed by atoms with Gasteiger partial charge >= 0.3 is 0 Å². The molecule has 0 atom stereocenters. The van der Waals surface area contributed by atoms with Crippen molar-refractivity contribution in [1.82, 2.24) is 19.3 Å².